The lowest BCUT2D eigenvalue weighted by atomic mass is 9.78. The first-order valence-corrected chi connectivity index (χ1v) is 17.6. The van der Waals surface area contributed by atoms with Gasteiger partial charge in [0.05, 0.1) is 43.1 Å². The molecule has 4 aromatic rings. The molecule has 0 aliphatic heterocycles. The van der Waals surface area contributed by atoms with Gasteiger partial charge in [0.2, 0.25) is 17.7 Å². The third-order valence-electron chi connectivity index (χ3n) is 8.56. The molecular formula is C37H43N5O11S. The van der Waals surface area contributed by atoms with E-state index in [1.165, 1.54) is 9.80 Å². The Morgan fingerprint density at radius 3 is 2.28 bits per heavy atom. The summed E-state index contributed by atoms with van der Waals surface area (Å²) in [4.78, 5) is 50.7. The molecule has 4 N–H and O–H groups in total. The maximum Gasteiger partial charge on any atom is 0.415 e. The quantitative estimate of drug-likeness (QED) is 0.0899. The summed E-state index contributed by atoms with van der Waals surface area (Å²) in [5.74, 6) is -1.90. The molecule has 2 amide bonds. The Bertz CT molecular complexity index is 2140. The summed E-state index contributed by atoms with van der Waals surface area (Å²) in [6.45, 7) is 13.5. The molecule has 0 spiro atoms. The van der Waals surface area contributed by atoms with Gasteiger partial charge < -0.3 is 49.3 Å². The van der Waals surface area contributed by atoms with E-state index in [1.54, 1.807) is 46.0 Å². The molecule has 0 saturated heterocycles. The minimum Gasteiger partial charge on any atom is -0.507 e. The van der Waals surface area contributed by atoms with Crippen LogP contribution < -0.4 is 20.0 Å². The predicted octanol–water partition coefficient (Wildman–Crippen LogP) is 2.63. The summed E-state index contributed by atoms with van der Waals surface area (Å²) >= 11 is 1.16. The van der Waals surface area contributed by atoms with Crippen LogP contribution in [0.15, 0.2) is 30.3 Å². The fraction of sp³-hybridized carbons (Fsp3) is 0.378. The van der Waals surface area contributed by atoms with Crippen molar-refractivity contribution in [3.8, 4) is 35.1 Å². The highest BCUT2D eigenvalue weighted by atomic mass is 32.1. The number of phenolic OH excluding ortho intramolecular Hbond substituents is 2. The molecule has 2 aromatic carbocycles. The van der Waals surface area contributed by atoms with Crippen molar-refractivity contribution in [3.63, 3.8) is 0 Å². The molecule has 288 valence electrons. The molecule has 0 radical (unpaired) electrons. The van der Waals surface area contributed by atoms with E-state index in [1.807, 2.05) is 6.07 Å². The number of carbonyl (C=O) groups is 3. The first-order valence-electron chi connectivity index (χ1n) is 16.7. The maximum absolute atomic E-state index is 13.4. The third kappa shape index (κ3) is 9.98. The summed E-state index contributed by atoms with van der Waals surface area (Å²) < 4.78 is 18.0. The van der Waals surface area contributed by atoms with E-state index in [0.29, 0.717) is 26.1 Å². The van der Waals surface area contributed by atoms with Gasteiger partial charge >= 0.3 is 12.1 Å². The summed E-state index contributed by atoms with van der Waals surface area (Å²) in [6, 6.07) is 9.14. The summed E-state index contributed by atoms with van der Waals surface area (Å²) in [7, 11) is 1.59. The molecule has 0 bridgehead atoms. The van der Waals surface area contributed by atoms with Crippen LogP contribution in [0.2, 0.25) is 0 Å². The van der Waals surface area contributed by atoms with Crippen molar-refractivity contribution in [1.29, 1.82) is 5.26 Å². The van der Waals surface area contributed by atoms with E-state index in [-0.39, 0.29) is 97.5 Å². The van der Waals surface area contributed by atoms with Gasteiger partial charge in [-0.25, -0.2) is 14.6 Å². The second-order valence-electron chi connectivity index (χ2n) is 12.9. The number of phenols is 2. The van der Waals surface area contributed by atoms with Crippen LogP contribution in [0, 0.1) is 18.3 Å². The van der Waals surface area contributed by atoms with Crippen LogP contribution in [0.4, 0.5) is 4.79 Å². The lowest BCUT2D eigenvalue weighted by Crippen LogP contribution is -2.43. The van der Waals surface area contributed by atoms with Gasteiger partial charge in [-0.05, 0) is 19.1 Å². The highest BCUT2D eigenvalue weighted by molar-refractivity contribution is 7.19. The number of likely N-dealkylation sites (N-methyl/N-ethyl adjacent to an activating group) is 1. The van der Waals surface area contributed by atoms with Gasteiger partial charge in [-0.2, -0.15) is 5.26 Å². The average molecular weight is 766 g/mol. The number of hydrogen-bond donors (Lipinski definition) is 4. The number of benzene rings is 2. The van der Waals surface area contributed by atoms with E-state index >= 15 is 0 Å². The van der Waals surface area contributed by atoms with Crippen molar-refractivity contribution in [2.45, 2.75) is 39.0 Å². The number of carbonyl (C=O) groups excluding carboxylic acids is 3. The van der Waals surface area contributed by atoms with E-state index in [4.69, 9.17) is 19.0 Å². The van der Waals surface area contributed by atoms with Crippen molar-refractivity contribution in [2.24, 2.45) is 0 Å². The number of thiazole rings is 1. The number of amides is 2. The number of aromatic hydroxyl groups is 4. The van der Waals surface area contributed by atoms with E-state index in [0.717, 1.165) is 23.5 Å². The number of nitriles is 1. The molecule has 4 rings (SSSR count). The molecule has 2 aromatic heterocycles. The summed E-state index contributed by atoms with van der Waals surface area (Å²) in [5, 5.41) is 50.5. The number of ether oxygens (including phenoxy) is 3. The number of nitrogens with zero attached hydrogens (tertiary/aromatic N) is 5. The van der Waals surface area contributed by atoms with E-state index in [2.05, 4.69) is 18.1 Å². The molecule has 2 heterocycles. The molecule has 16 nitrogen and oxygen atoms in total. The Morgan fingerprint density at radius 1 is 0.944 bits per heavy atom. The van der Waals surface area contributed by atoms with Crippen LogP contribution in [0.5, 0.6) is 29.0 Å². The molecular weight excluding hydrogens is 722 g/mol. The van der Waals surface area contributed by atoms with Crippen LogP contribution >= 0.6 is 11.3 Å². The first-order chi connectivity index (χ1) is 25.5. The molecule has 17 heteroatoms. The topological polar surface area (TPSA) is 217 Å². The second-order valence-corrected chi connectivity index (χ2v) is 14.0. The second kappa shape index (κ2) is 17.8. The fourth-order valence-electron chi connectivity index (χ4n) is 5.46. The van der Waals surface area contributed by atoms with Crippen LogP contribution in [0.1, 0.15) is 42.8 Å². The minimum absolute atomic E-state index is 0.0160. The average Bonchev–Trinajstić information content (AvgIpc) is 3.69. The van der Waals surface area contributed by atoms with Gasteiger partial charge in [0.15, 0.2) is 5.01 Å². The van der Waals surface area contributed by atoms with E-state index < -0.39 is 29.2 Å². The maximum atomic E-state index is 13.4. The van der Waals surface area contributed by atoms with Gasteiger partial charge in [-0.1, -0.05) is 27.0 Å². The highest BCUT2D eigenvalue weighted by Crippen LogP contribution is 2.32. The van der Waals surface area contributed by atoms with Gasteiger partial charge in [-0.15, -0.1) is 16.1 Å². The number of fused-ring (bicyclic) bond motifs is 1. The summed E-state index contributed by atoms with van der Waals surface area (Å²) in [6.07, 6.45) is -0.917. The zero-order valence-corrected chi connectivity index (χ0v) is 31.3. The van der Waals surface area contributed by atoms with Crippen LogP contribution in [-0.4, -0.2) is 111 Å². The molecule has 0 unspecified atom stereocenters. The standard InChI is InChI=1S/C37H43N5O11S/c1-22-23(2)35(48)33(24(3)34(22)47)37(4,5)20-31(45)40(6)12-13-41(36(49)52-25-7-8-26-27(19-25)54-28(21-38)39-26)14-16-51-18-17-50-15-11-32(46)53-42-29(43)9-10-30(42)44/h7-10,19,43-44,47-48H,2-3,11-18,20H2,1,4-6H3. The number of rotatable bonds is 17. The van der Waals surface area contributed by atoms with Crippen LogP contribution in [0.25, 0.3) is 23.4 Å². The van der Waals surface area contributed by atoms with Gasteiger partial charge in [0.1, 0.15) is 23.3 Å². The molecule has 0 saturated carbocycles. The van der Waals surface area contributed by atoms with Gasteiger partial charge in [0, 0.05) is 78.3 Å². The van der Waals surface area contributed by atoms with Gasteiger partial charge in [-0.3, -0.25) is 4.79 Å². The van der Waals surface area contributed by atoms with E-state index in [9.17, 15) is 40.1 Å². The SMILES string of the molecule is C=c1c(C)c(O)c(=C)c(C(C)(C)CC(=O)N(C)CCN(CCOCCOCCC(=O)On2c(O)ccc2O)C(=O)Oc2ccc3nc(C#N)sc3c2)c1O. The molecule has 0 fully saturated rings. The Balaban J connectivity index is 1.33. The van der Waals surface area contributed by atoms with Crippen LogP contribution in [0.3, 0.4) is 0 Å². The molecule has 54 heavy (non-hydrogen) atoms. The Labute approximate surface area is 314 Å². The lowest BCUT2D eigenvalue weighted by Gasteiger charge is -2.30. The molecule has 0 atom stereocenters. The largest absolute Gasteiger partial charge is 0.507 e. The summed E-state index contributed by atoms with van der Waals surface area (Å²) in [5.41, 5.74) is 0.378. The monoisotopic (exact) mass is 765 g/mol. The fourth-order valence-corrected chi connectivity index (χ4v) is 6.25. The Morgan fingerprint density at radius 2 is 1.61 bits per heavy atom. The predicted molar refractivity (Wildman–Crippen MR) is 198 cm³/mol. The van der Waals surface area contributed by atoms with Crippen molar-refractivity contribution >= 4 is 52.7 Å². The van der Waals surface area contributed by atoms with Crippen molar-refractivity contribution in [2.75, 3.05) is 53.1 Å². The Hall–Kier alpha value is -5.83. The lowest BCUT2D eigenvalue weighted by molar-refractivity contribution is -0.146. The zero-order valence-electron chi connectivity index (χ0n) is 30.5. The third-order valence-corrected chi connectivity index (χ3v) is 9.48. The Kier molecular flexibility index (Phi) is 13.5. The zero-order chi connectivity index (χ0) is 39.7. The van der Waals surface area contributed by atoms with Crippen molar-refractivity contribution in [3.05, 3.63) is 56.9 Å². The van der Waals surface area contributed by atoms with Crippen molar-refractivity contribution < 1.29 is 53.9 Å². The number of hydrogen-bond acceptors (Lipinski definition) is 14. The highest BCUT2D eigenvalue weighted by Gasteiger charge is 2.31. The number of aromatic nitrogens is 2. The van der Waals surface area contributed by atoms with Gasteiger partial charge in [0.25, 0.3) is 0 Å². The minimum atomic E-state index is -0.936. The molecule has 0 aliphatic rings. The van der Waals surface area contributed by atoms with Crippen molar-refractivity contribution in [1.82, 2.24) is 19.5 Å². The molecule has 0 aliphatic carbocycles. The van der Waals surface area contributed by atoms with Crippen LogP contribution in [-0.2, 0) is 24.5 Å². The normalized spacial score (nSPS) is 11.3. The smallest absolute Gasteiger partial charge is 0.415 e. The first kappa shape index (κ1) is 40.9.